The molecule has 0 bridgehead atoms. The van der Waals surface area contributed by atoms with Crippen molar-refractivity contribution < 1.29 is 0 Å². The molecule has 1 atom stereocenters. The molecule has 0 unspecified atom stereocenters. The Labute approximate surface area is 146 Å². The van der Waals surface area contributed by atoms with Gasteiger partial charge in [-0.15, -0.1) is 0 Å². The number of rotatable bonds is 5. The van der Waals surface area contributed by atoms with E-state index in [1.54, 1.807) is 0 Å². The molecule has 0 aliphatic carbocycles. The lowest BCUT2D eigenvalue weighted by atomic mass is 9.91. The Hall–Kier alpha value is -2.36. The van der Waals surface area contributed by atoms with Crippen LogP contribution in [0.1, 0.15) is 24.0 Å². The van der Waals surface area contributed by atoms with Crippen LogP contribution >= 0.6 is 0 Å². The van der Waals surface area contributed by atoms with Crippen LogP contribution in [-0.4, -0.2) is 42.3 Å². The predicted octanol–water partition coefficient (Wildman–Crippen LogP) is 3.62. The van der Waals surface area contributed by atoms with Crippen molar-refractivity contribution in [3.63, 3.8) is 0 Å². The minimum Gasteiger partial charge on any atom is -0.398 e. The third-order valence-corrected chi connectivity index (χ3v) is 4.52. The number of nitrogens with two attached hydrogens (primary N) is 1. The van der Waals surface area contributed by atoms with Crippen molar-refractivity contribution >= 4 is 22.7 Å². The van der Waals surface area contributed by atoms with Crippen molar-refractivity contribution in [3.05, 3.63) is 47.5 Å². The summed E-state index contributed by atoms with van der Waals surface area (Å²) >= 11 is 0. The number of nitrogens with zero attached hydrogens (tertiary/aromatic N) is 3. The lowest BCUT2D eigenvalue weighted by molar-refractivity contribution is 0.920. The highest BCUT2D eigenvalue weighted by Crippen LogP contribution is 2.35. The Morgan fingerprint density at radius 2 is 1.38 bits per heavy atom. The molecule has 0 saturated carbocycles. The lowest BCUT2D eigenvalue weighted by Gasteiger charge is -2.25. The smallest absolute Gasteiger partial charge is 0.0601 e. The van der Waals surface area contributed by atoms with Crippen molar-refractivity contribution in [1.82, 2.24) is 0 Å². The minimum atomic E-state index is 0.246. The molecule has 0 aliphatic heterocycles. The average molecular weight is 326 g/mol. The predicted molar refractivity (Wildman–Crippen MR) is 108 cm³/mol. The lowest BCUT2D eigenvalue weighted by Crippen LogP contribution is -2.17. The van der Waals surface area contributed by atoms with Gasteiger partial charge < -0.3 is 20.4 Å². The summed E-state index contributed by atoms with van der Waals surface area (Å²) in [7, 11) is 12.4. The van der Waals surface area contributed by atoms with Gasteiger partial charge in [0.15, 0.2) is 0 Å². The summed E-state index contributed by atoms with van der Waals surface area (Å²) in [4.78, 5) is 6.37. The summed E-state index contributed by atoms with van der Waals surface area (Å²) in [5.74, 6) is 0.246. The van der Waals surface area contributed by atoms with E-state index in [-0.39, 0.29) is 5.92 Å². The van der Waals surface area contributed by atoms with Crippen molar-refractivity contribution in [3.8, 4) is 0 Å². The second-order valence-electron chi connectivity index (χ2n) is 6.97. The van der Waals surface area contributed by atoms with Crippen molar-refractivity contribution in [2.45, 2.75) is 12.8 Å². The minimum absolute atomic E-state index is 0.246. The highest BCUT2D eigenvalue weighted by molar-refractivity contribution is 5.72. The highest BCUT2D eigenvalue weighted by atomic mass is 15.1. The van der Waals surface area contributed by atoms with Crippen LogP contribution < -0.4 is 20.4 Å². The summed E-state index contributed by atoms with van der Waals surface area (Å²) < 4.78 is 0. The van der Waals surface area contributed by atoms with Gasteiger partial charge in [0.05, 0.1) is 11.4 Å². The highest BCUT2D eigenvalue weighted by Gasteiger charge is 2.15. The Kier molecular flexibility index (Phi) is 5.27. The summed E-state index contributed by atoms with van der Waals surface area (Å²) in [5.41, 5.74) is 13.2. The van der Waals surface area contributed by atoms with Gasteiger partial charge in [-0.25, -0.2) is 0 Å². The second-order valence-corrected chi connectivity index (χ2v) is 6.97. The van der Waals surface area contributed by atoms with Crippen LogP contribution in [0.5, 0.6) is 0 Å². The largest absolute Gasteiger partial charge is 0.398 e. The van der Waals surface area contributed by atoms with Gasteiger partial charge in [0.2, 0.25) is 0 Å². The first-order valence-corrected chi connectivity index (χ1v) is 8.27. The van der Waals surface area contributed by atoms with Crippen LogP contribution in [-0.2, 0) is 0 Å². The maximum atomic E-state index is 6.33. The summed E-state index contributed by atoms with van der Waals surface area (Å²) in [6.07, 6.45) is 0. The molecule has 2 N–H and O–H groups in total. The zero-order valence-corrected chi connectivity index (χ0v) is 16.0. The Morgan fingerprint density at radius 3 is 1.88 bits per heavy atom. The second kappa shape index (κ2) is 7.04. The molecular formula is C20H30N4. The number of hydrogen-bond acceptors (Lipinski definition) is 4. The van der Waals surface area contributed by atoms with Crippen LogP contribution in [0.15, 0.2) is 36.4 Å². The molecule has 0 fully saturated rings. The van der Waals surface area contributed by atoms with Gasteiger partial charge in [-0.1, -0.05) is 19.1 Å². The quantitative estimate of drug-likeness (QED) is 0.851. The van der Waals surface area contributed by atoms with Crippen LogP contribution in [0, 0.1) is 0 Å². The first-order valence-electron chi connectivity index (χ1n) is 8.27. The molecule has 0 aliphatic rings. The molecule has 0 amide bonds. The first-order chi connectivity index (χ1) is 11.2. The van der Waals surface area contributed by atoms with Crippen LogP contribution in [0.2, 0.25) is 0 Å². The Bertz CT molecular complexity index is 705. The maximum Gasteiger partial charge on any atom is 0.0601 e. The molecular weight excluding hydrogens is 296 g/mol. The van der Waals surface area contributed by atoms with E-state index in [9.17, 15) is 0 Å². The van der Waals surface area contributed by atoms with E-state index in [4.69, 9.17) is 5.73 Å². The SMILES string of the molecule is C[C@@H](c1ccc(N(C)C)c(N(C)C)c1)c1ccc(N(C)C)cc1N. The van der Waals surface area contributed by atoms with E-state index in [1.165, 1.54) is 22.5 Å². The summed E-state index contributed by atoms with van der Waals surface area (Å²) in [6.45, 7) is 2.21. The van der Waals surface area contributed by atoms with Crippen molar-refractivity contribution in [2.24, 2.45) is 0 Å². The molecule has 24 heavy (non-hydrogen) atoms. The van der Waals surface area contributed by atoms with Gasteiger partial charge in [0, 0.05) is 59.6 Å². The third kappa shape index (κ3) is 3.58. The van der Waals surface area contributed by atoms with E-state index in [1.807, 2.05) is 20.2 Å². The molecule has 130 valence electrons. The molecule has 0 aromatic heterocycles. The molecule has 2 aromatic carbocycles. The molecule has 4 heteroatoms. The fourth-order valence-corrected chi connectivity index (χ4v) is 2.96. The van der Waals surface area contributed by atoms with E-state index >= 15 is 0 Å². The zero-order valence-electron chi connectivity index (χ0n) is 16.0. The first kappa shape index (κ1) is 18.0. The Morgan fingerprint density at radius 1 is 0.750 bits per heavy atom. The molecule has 2 rings (SSSR count). The third-order valence-electron chi connectivity index (χ3n) is 4.52. The standard InChI is InChI=1S/C20H30N4/c1-14(17-10-9-16(22(2)3)13-18(17)21)15-8-11-19(23(4)5)20(12-15)24(6)7/h8-14H,21H2,1-7H3/t14-/m0/s1. The van der Waals surface area contributed by atoms with Gasteiger partial charge in [0.25, 0.3) is 0 Å². The molecule has 0 radical (unpaired) electrons. The zero-order chi connectivity index (χ0) is 18.0. The molecule has 0 spiro atoms. The Balaban J connectivity index is 2.43. The van der Waals surface area contributed by atoms with Gasteiger partial charge in [-0.05, 0) is 35.4 Å². The molecule has 0 heterocycles. The number of benzene rings is 2. The molecule has 2 aromatic rings. The topological polar surface area (TPSA) is 35.7 Å². The normalized spacial score (nSPS) is 12.0. The summed E-state index contributed by atoms with van der Waals surface area (Å²) in [6, 6.07) is 13.0. The fourth-order valence-electron chi connectivity index (χ4n) is 2.96. The van der Waals surface area contributed by atoms with Crippen LogP contribution in [0.4, 0.5) is 22.7 Å². The van der Waals surface area contributed by atoms with E-state index in [0.29, 0.717) is 0 Å². The van der Waals surface area contributed by atoms with E-state index in [2.05, 4.69) is 80.1 Å². The summed E-state index contributed by atoms with van der Waals surface area (Å²) in [5, 5.41) is 0. The van der Waals surface area contributed by atoms with Crippen molar-refractivity contribution in [2.75, 3.05) is 62.7 Å². The van der Waals surface area contributed by atoms with Gasteiger partial charge in [-0.2, -0.15) is 0 Å². The fraction of sp³-hybridized carbons (Fsp3) is 0.400. The van der Waals surface area contributed by atoms with Crippen LogP contribution in [0.25, 0.3) is 0 Å². The van der Waals surface area contributed by atoms with E-state index in [0.717, 1.165) is 11.4 Å². The number of nitrogen functional groups attached to an aromatic ring is 1. The monoisotopic (exact) mass is 326 g/mol. The number of anilines is 4. The van der Waals surface area contributed by atoms with Gasteiger partial charge in [-0.3, -0.25) is 0 Å². The number of hydrogen-bond donors (Lipinski definition) is 1. The van der Waals surface area contributed by atoms with Crippen molar-refractivity contribution in [1.29, 1.82) is 0 Å². The maximum absolute atomic E-state index is 6.33. The van der Waals surface area contributed by atoms with Gasteiger partial charge >= 0.3 is 0 Å². The average Bonchev–Trinajstić information content (AvgIpc) is 2.53. The van der Waals surface area contributed by atoms with E-state index < -0.39 is 0 Å². The van der Waals surface area contributed by atoms with Gasteiger partial charge in [0.1, 0.15) is 0 Å². The molecule has 0 saturated heterocycles. The molecule has 4 nitrogen and oxygen atoms in total. The van der Waals surface area contributed by atoms with Crippen LogP contribution in [0.3, 0.4) is 0 Å².